The molecule has 1 amide bonds. The van der Waals surface area contributed by atoms with Gasteiger partial charge in [-0.3, -0.25) is 9.78 Å². The zero-order valence-electron chi connectivity index (χ0n) is 11.9. The first-order valence-electron chi connectivity index (χ1n) is 6.48. The second-order valence-corrected chi connectivity index (χ2v) is 4.51. The lowest BCUT2D eigenvalue weighted by atomic mass is 10.2. The highest BCUT2D eigenvalue weighted by atomic mass is 16.3. The minimum absolute atomic E-state index is 0.0316. The molecule has 2 rings (SSSR count). The number of pyridine rings is 1. The van der Waals surface area contributed by atoms with E-state index in [1.165, 1.54) is 18.3 Å². The molecule has 0 aliphatic rings. The van der Waals surface area contributed by atoms with Crippen molar-refractivity contribution in [3.8, 4) is 11.8 Å². The molecule has 0 radical (unpaired) electrons. The number of carbonyl (C=O) groups excluding carboxylic acids is 1. The van der Waals surface area contributed by atoms with Crippen molar-refractivity contribution in [1.29, 1.82) is 5.26 Å². The van der Waals surface area contributed by atoms with Crippen molar-refractivity contribution < 1.29 is 9.90 Å². The Kier molecular flexibility index (Phi) is 4.73. The maximum absolute atomic E-state index is 12.0. The van der Waals surface area contributed by atoms with E-state index in [4.69, 9.17) is 5.26 Å². The van der Waals surface area contributed by atoms with Crippen molar-refractivity contribution in [3.63, 3.8) is 0 Å². The molecule has 0 spiro atoms. The van der Waals surface area contributed by atoms with Crippen molar-refractivity contribution in [2.75, 3.05) is 10.6 Å². The van der Waals surface area contributed by atoms with Crippen LogP contribution in [0.25, 0.3) is 0 Å². The Labute approximate surface area is 127 Å². The number of nitrogens with one attached hydrogen (secondary N) is 2. The largest absolute Gasteiger partial charge is 0.508 e. The van der Waals surface area contributed by atoms with Gasteiger partial charge in [-0.25, -0.2) is 0 Å². The van der Waals surface area contributed by atoms with Crippen LogP contribution in [0.15, 0.2) is 54.4 Å². The molecule has 0 unspecified atom stereocenters. The van der Waals surface area contributed by atoms with E-state index < -0.39 is 5.91 Å². The van der Waals surface area contributed by atoms with Crippen LogP contribution in [-0.2, 0) is 4.79 Å². The van der Waals surface area contributed by atoms with Crippen LogP contribution in [0.4, 0.5) is 11.4 Å². The highest BCUT2D eigenvalue weighted by Crippen LogP contribution is 2.16. The first-order valence-corrected chi connectivity index (χ1v) is 6.48. The number of hydrogen-bond acceptors (Lipinski definition) is 5. The first kappa shape index (κ1) is 15.1. The van der Waals surface area contributed by atoms with Crippen LogP contribution < -0.4 is 10.6 Å². The number of nitriles is 1. The molecule has 0 bridgehead atoms. The third-order valence-electron chi connectivity index (χ3n) is 2.76. The summed E-state index contributed by atoms with van der Waals surface area (Å²) in [5.74, 6) is -0.537. The number of phenolic OH excluding ortho intramolecular Hbond substituents is 1. The monoisotopic (exact) mass is 294 g/mol. The minimum atomic E-state index is -0.569. The average molecular weight is 294 g/mol. The predicted octanol–water partition coefficient (Wildman–Crippen LogP) is 2.55. The van der Waals surface area contributed by atoms with E-state index in [1.807, 2.05) is 19.1 Å². The summed E-state index contributed by atoms with van der Waals surface area (Å²) in [7, 11) is 0. The summed E-state index contributed by atoms with van der Waals surface area (Å²) in [6.07, 6.45) is 2.92. The molecular formula is C16H14N4O2. The molecule has 2 aromatic rings. The van der Waals surface area contributed by atoms with Crippen LogP contribution in [0.2, 0.25) is 0 Å². The average Bonchev–Trinajstić information content (AvgIpc) is 2.49. The summed E-state index contributed by atoms with van der Waals surface area (Å²) in [5.41, 5.74) is 1.85. The fourth-order valence-electron chi connectivity index (χ4n) is 1.64. The zero-order valence-corrected chi connectivity index (χ0v) is 11.9. The third kappa shape index (κ3) is 4.08. The molecule has 1 aromatic heterocycles. The molecule has 1 aromatic carbocycles. The topological polar surface area (TPSA) is 98.0 Å². The van der Waals surface area contributed by atoms with E-state index in [-0.39, 0.29) is 11.3 Å². The molecular weight excluding hydrogens is 280 g/mol. The Morgan fingerprint density at radius 1 is 1.32 bits per heavy atom. The van der Waals surface area contributed by atoms with E-state index in [0.29, 0.717) is 11.4 Å². The van der Waals surface area contributed by atoms with Gasteiger partial charge in [0.15, 0.2) is 0 Å². The van der Waals surface area contributed by atoms with Gasteiger partial charge in [0.25, 0.3) is 5.91 Å². The molecule has 0 aliphatic carbocycles. The first-order chi connectivity index (χ1) is 10.6. The molecule has 1 heterocycles. The van der Waals surface area contributed by atoms with Gasteiger partial charge in [-0.15, -0.1) is 0 Å². The van der Waals surface area contributed by atoms with Crippen molar-refractivity contribution >= 4 is 17.3 Å². The highest BCUT2D eigenvalue weighted by Gasteiger charge is 2.09. The summed E-state index contributed by atoms with van der Waals surface area (Å²) < 4.78 is 0. The minimum Gasteiger partial charge on any atom is -0.508 e. The summed E-state index contributed by atoms with van der Waals surface area (Å²) in [6, 6.07) is 11.5. The SMILES string of the molecule is Cc1ccc(N/C=C(/C#N)C(=O)Nc2cccc(O)c2)cn1. The van der Waals surface area contributed by atoms with Gasteiger partial charge in [-0.05, 0) is 31.2 Å². The van der Waals surface area contributed by atoms with Gasteiger partial charge in [-0.1, -0.05) is 6.07 Å². The number of nitrogens with zero attached hydrogens (tertiary/aromatic N) is 2. The van der Waals surface area contributed by atoms with Crippen molar-refractivity contribution in [1.82, 2.24) is 4.98 Å². The van der Waals surface area contributed by atoms with Gasteiger partial charge < -0.3 is 15.7 Å². The number of carbonyl (C=O) groups is 1. The number of phenols is 1. The molecule has 0 atom stereocenters. The van der Waals surface area contributed by atoms with E-state index in [0.717, 1.165) is 5.69 Å². The molecule has 0 saturated carbocycles. The summed E-state index contributed by atoms with van der Waals surface area (Å²) in [4.78, 5) is 16.1. The highest BCUT2D eigenvalue weighted by molar-refractivity contribution is 6.06. The van der Waals surface area contributed by atoms with Crippen molar-refractivity contribution in [2.45, 2.75) is 6.92 Å². The molecule has 0 saturated heterocycles. The summed E-state index contributed by atoms with van der Waals surface area (Å²) in [6.45, 7) is 1.86. The Hall–Kier alpha value is -3.33. The maximum atomic E-state index is 12.0. The molecule has 6 heteroatoms. The van der Waals surface area contributed by atoms with Gasteiger partial charge in [0.2, 0.25) is 0 Å². The molecule has 0 aliphatic heterocycles. The van der Waals surface area contributed by atoms with E-state index >= 15 is 0 Å². The smallest absolute Gasteiger partial charge is 0.267 e. The fraction of sp³-hybridized carbons (Fsp3) is 0.0625. The Morgan fingerprint density at radius 3 is 2.77 bits per heavy atom. The standard InChI is InChI=1S/C16H14N4O2/c1-11-5-6-14(10-18-11)19-9-12(8-17)16(22)20-13-3-2-4-15(21)7-13/h2-7,9-10,19,21H,1H3,(H,20,22)/b12-9-. The van der Waals surface area contributed by atoms with Gasteiger partial charge >= 0.3 is 0 Å². The Morgan fingerprint density at radius 2 is 2.14 bits per heavy atom. The molecule has 110 valence electrons. The van der Waals surface area contributed by atoms with Gasteiger partial charge in [0, 0.05) is 23.6 Å². The predicted molar refractivity (Wildman–Crippen MR) is 83.0 cm³/mol. The number of aromatic nitrogens is 1. The number of benzene rings is 1. The van der Waals surface area contributed by atoms with Crippen LogP contribution in [-0.4, -0.2) is 16.0 Å². The number of aromatic hydroxyl groups is 1. The second kappa shape index (κ2) is 6.90. The van der Waals surface area contributed by atoms with Gasteiger partial charge in [0.1, 0.15) is 17.4 Å². The number of anilines is 2. The van der Waals surface area contributed by atoms with Crippen LogP contribution in [0.1, 0.15) is 5.69 Å². The van der Waals surface area contributed by atoms with Crippen LogP contribution in [0, 0.1) is 18.3 Å². The number of amides is 1. The lowest BCUT2D eigenvalue weighted by molar-refractivity contribution is -0.112. The fourth-order valence-corrected chi connectivity index (χ4v) is 1.64. The normalized spacial score (nSPS) is 10.6. The van der Waals surface area contributed by atoms with E-state index in [2.05, 4.69) is 15.6 Å². The van der Waals surface area contributed by atoms with Crippen molar-refractivity contribution in [3.05, 3.63) is 60.1 Å². The summed E-state index contributed by atoms with van der Waals surface area (Å²) >= 11 is 0. The lowest BCUT2D eigenvalue weighted by Gasteiger charge is -2.05. The lowest BCUT2D eigenvalue weighted by Crippen LogP contribution is -2.14. The second-order valence-electron chi connectivity index (χ2n) is 4.51. The van der Waals surface area contributed by atoms with E-state index in [1.54, 1.807) is 24.4 Å². The van der Waals surface area contributed by atoms with Crippen molar-refractivity contribution in [2.24, 2.45) is 0 Å². The number of aryl methyl sites for hydroxylation is 1. The van der Waals surface area contributed by atoms with Gasteiger partial charge in [-0.2, -0.15) is 5.26 Å². The van der Waals surface area contributed by atoms with Gasteiger partial charge in [0.05, 0.1) is 11.9 Å². The van der Waals surface area contributed by atoms with Crippen LogP contribution in [0.3, 0.4) is 0 Å². The van der Waals surface area contributed by atoms with Crippen LogP contribution >= 0.6 is 0 Å². The third-order valence-corrected chi connectivity index (χ3v) is 2.76. The maximum Gasteiger partial charge on any atom is 0.267 e. The molecule has 0 fully saturated rings. The van der Waals surface area contributed by atoms with Crippen LogP contribution in [0.5, 0.6) is 5.75 Å². The number of rotatable bonds is 4. The zero-order chi connectivity index (χ0) is 15.9. The number of hydrogen-bond donors (Lipinski definition) is 3. The van der Waals surface area contributed by atoms with E-state index in [9.17, 15) is 9.90 Å². The Balaban J connectivity index is 2.07. The molecule has 22 heavy (non-hydrogen) atoms. The summed E-state index contributed by atoms with van der Waals surface area (Å²) in [5, 5.41) is 23.8. The quantitative estimate of drug-likeness (QED) is 0.594. The molecule has 6 nitrogen and oxygen atoms in total. The Bertz CT molecular complexity index is 745. The molecule has 3 N–H and O–H groups in total.